The van der Waals surface area contributed by atoms with Crippen LogP contribution in [0.3, 0.4) is 0 Å². The maximum Gasteiger partial charge on any atom is 0.251 e. The molecule has 0 aliphatic rings. The third-order valence-electron chi connectivity index (χ3n) is 2.64. The Kier molecular flexibility index (Phi) is 4.82. The smallest absolute Gasteiger partial charge is 0.251 e. The van der Waals surface area contributed by atoms with Crippen LogP contribution in [-0.4, -0.2) is 18.0 Å². The molecular weight excluding hydrogens is 299 g/mol. The molecular formula is C14H12Cl2N2O2. The van der Waals surface area contributed by atoms with Gasteiger partial charge in [0.2, 0.25) is 0 Å². The molecule has 2 aromatic rings. The van der Waals surface area contributed by atoms with E-state index in [9.17, 15) is 4.79 Å². The maximum absolute atomic E-state index is 12.0. The molecule has 0 aliphatic carbocycles. The molecule has 0 saturated carbocycles. The summed E-state index contributed by atoms with van der Waals surface area (Å²) in [6, 6.07) is 6.72. The van der Waals surface area contributed by atoms with Crippen molar-refractivity contribution in [2.45, 2.75) is 6.54 Å². The molecule has 1 amide bonds. The summed E-state index contributed by atoms with van der Waals surface area (Å²) in [5.74, 6) is 0.0949. The Balaban J connectivity index is 2.10. The van der Waals surface area contributed by atoms with Gasteiger partial charge in [0.1, 0.15) is 0 Å². The summed E-state index contributed by atoms with van der Waals surface area (Å²) in [5.41, 5.74) is 1.29. The highest BCUT2D eigenvalue weighted by molar-refractivity contribution is 6.37. The van der Waals surface area contributed by atoms with Gasteiger partial charge >= 0.3 is 0 Å². The summed E-state index contributed by atoms with van der Waals surface area (Å²) in [5, 5.41) is 3.37. The van der Waals surface area contributed by atoms with E-state index in [1.807, 2.05) is 12.1 Å². The van der Waals surface area contributed by atoms with Crippen LogP contribution < -0.4 is 10.1 Å². The number of halogens is 2. The van der Waals surface area contributed by atoms with Gasteiger partial charge in [0, 0.05) is 24.5 Å². The lowest BCUT2D eigenvalue weighted by molar-refractivity contribution is 0.0951. The van der Waals surface area contributed by atoms with Gasteiger partial charge in [-0.1, -0.05) is 29.3 Å². The van der Waals surface area contributed by atoms with E-state index < -0.39 is 0 Å². The number of nitrogens with one attached hydrogen (secondary N) is 1. The first kappa shape index (κ1) is 14.6. The number of carbonyl (C=O) groups excluding carboxylic acids is 1. The SMILES string of the molecule is COc1c(Cl)cc(C(=O)NCc2cccnc2)cc1Cl. The lowest BCUT2D eigenvalue weighted by Crippen LogP contribution is -2.22. The predicted molar refractivity (Wildman–Crippen MR) is 78.4 cm³/mol. The van der Waals surface area contributed by atoms with Crippen molar-refractivity contribution in [3.63, 3.8) is 0 Å². The van der Waals surface area contributed by atoms with E-state index in [2.05, 4.69) is 10.3 Å². The Morgan fingerprint density at radius 3 is 2.60 bits per heavy atom. The summed E-state index contributed by atoms with van der Waals surface area (Å²) in [6.07, 6.45) is 3.36. The average Bonchev–Trinajstić information content (AvgIpc) is 2.45. The maximum atomic E-state index is 12.0. The Hall–Kier alpha value is -1.78. The minimum atomic E-state index is -0.264. The van der Waals surface area contributed by atoms with Crippen LogP contribution in [0.2, 0.25) is 10.0 Å². The molecule has 1 aromatic carbocycles. The number of methoxy groups -OCH3 is 1. The molecule has 0 unspecified atom stereocenters. The second kappa shape index (κ2) is 6.59. The monoisotopic (exact) mass is 310 g/mol. The molecule has 104 valence electrons. The highest BCUT2D eigenvalue weighted by Crippen LogP contribution is 2.33. The molecule has 1 aromatic heterocycles. The second-order valence-electron chi connectivity index (χ2n) is 4.02. The number of nitrogens with zero attached hydrogens (tertiary/aromatic N) is 1. The number of hydrogen-bond donors (Lipinski definition) is 1. The first-order chi connectivity index (χ1) is 9.61. The van der Waals surface area contributed by atoms with Crippen molar-refractivity contribution < 1.29 is 9.53 Å². The number of hydrogen-bond acceptors (Lipinski definition) is 3. The first-order valence-electron chi connectivity index (χ1n) is 5.82. The van der Waals surface area contributed by atoms with Crippen molar-refractivity contribution in [2.24, 2.45) is 0 Å². The number of amides is 1. The number of ether oxygens (including phenoxy) is 1. The third kappa shape index (κ3) is 3.40. The average molecular weight is 311 g/mol. The topological polar surface area (TPSA) is 51.2 Å². The molecule has 20 heavy (non-hydrogen) atoms. The van der Waals surface area contributed by atoms with Gasteiger partial charge in [-0.2, -0.15) is 0 Å². The fraction of sp³-hybridized carbons (Fsp3) is 0.143. The molecule has 0 bridgehead atoms. The van der Waals surface area contributed by atoms with Crippen LogP contribution in [-0.2, 0) is 6.54 Å². The van der Waals surface area contributed by atoms with E-state index in [1.165, 1.54) is 19.2 Å². The summed E-state index contributed by atoms with van der Waals surface area (Å²) < 4.78 is 5.04. The largest absolute Gasteiger partial charge is 0.494 e. The van der Waals surface area contributed by atoms with Crippen molar-refractivity contribution in [3.05, 3.63) is 57.8 Å². The van der Waals surface area contributed by atoms with E-state index in [-0.39, 0.29) is 5.91 Å². The zero-order valence-corrected chi connectivity index (χ0v) is 12.2. The molecule has 0 fully saturated rings. The zero-order chi connectivity index (χ0) is 14.5. The lowest BCUT2D eigenvalue weighted by Gasteiger charge is -2.09. The van der Waals surface area contributed by atoms with Crippen LogP contribution >= 0.6 is 23.2 Å². The van der Waals surface area contributed by atoms with Gasteiger partial charge in [0.25, 0.3) is 5.91 Å². The van der Waals surface area contributed by atoms with Crippen LogP contribution in [0.4, 0.5) is 0 Å². The Bertz CT molecular complexity index is 595. The van der Waals surface area contributed by atoms with E-state index in [0.717, 1.165) is 5.56 Å². The standard InChI is InChI=1S/C14H12Cl2N2O2/c1-20-13-11(15)5-10(6-12(13)16)14(19)18-8-9-3-2-4-17-7-9/h2-7H,8H2,1H3,(H,18,19). The number of benzene rings is 1. The normalized spacial score (nSPS) is 10.2. The molecule has 4 nitrogen and oxygen atoms in total. The number of pyridine rings is 1. The number of rotatable bonds is 4. The van der Waals surface area contributed by atoms with E-state index in [4.69, 9.17) is 27.9 Å². The highest BCUT2D eigenvalue weighted by atomic mass is 35.5. The third-order valence-corrected chi connectivity index (χ3v) is 3.20. The van der Waals surface area contributed by atoms with Gasteiger partial charge < -0.3 is 10.1 Å². The van der Waals surface area contributed by atoms with Gasteiger partial charge in [-0.15, -0.1) is 0 Å². The van der Waals surface area contributed by atoms with Crippen LogP contribution in [0.25, 0.3) is 0 Å². The molecule has 0 radical (unpaired) electrons. The quantitative estimate of drug-likeness (QED) is 0.942. The van der Waals surface area contributed by atoms with Crippen molar-refractivity contribution in [2.75, 3.05) is 7.11 Å². The van der Waals surface area contributed by atoms with Crippen LogP contribution in [0.5, 0.6) is 5.75 Å². The molecule has 2 rings (SSSR count). The summed E-state index contributed by atoms with van der Waals surface area (Å²) in [7, 11) is 1.47. The van der Waals surface area contributed by atoms with Gasteiger partial charge in [-0.3, -0.25) is 9.78 Å². The highest BCUT2D eigenvalue weighted by Gasteiger charge is 2.13. The molecule has 0 aliphatic heterocycles. The van der Waals surface area contributed by atoms with Crippen LogP contribution in [0.15, 0.2) is 36.7 Å². The first-order valence-corrected chi connectivity index (χ1v) is 6.57. The fourth-order valence-corrected chi connectivity index (χ4v) is 2.31. The second-order valence-corrected chi connectivity index (χ2v) is 4.83. The van der Waals surface area contributed by atoms with Gasteiger partial charge in [-0.05, 0) is 23.8 Å². The predicted octanol–water partition coefficient (Wildman–Crippen LogP) is 3.33. The van der Waals surface area contributed by atoms with Crippen molar-refractivity contribution in [3.8, 4) is 5.75 Å². The Morgan fingerprint density at radius 1 is 1.35 bits per heavy atom. The van der Waals surface area contributed by atoms with E-state index >= 15 is 0 Å². The van der Waals surface area contributed by atoms with Crippen LogP contribution in [0, 0.1) is 0 Å². The van der Waals surface area contributed by atoms with E-state index in [0.29, 0.717) is 27.9 Å². The molecule has 0 atom stereocenters. The minimum Gasteiger partial charge on any atom is -0.494 e. The fourth-order valence-electron chi connectivity index (χ4n) is 1.67. The summed E-state index contributed by atoms with van der Waals surface area (Å²) in [4.78, 5) is 16.0. The summed E-state index contributed by atoms with van der Waals surface area (Å²) in [6.45, 7) is 0.383. The number of carbonyl (C=O) groups is 1. The van der Waals surface area contributed by atoms with Crippen molar-refractivity contribution in [1.82, 2.24) is 10.3 Å². The summed E-state index contributed by atoms with van der Waals surface area (Å²) >= 11 is 12.0. The van der Waals surface area contributed by atoms with Gasteiger partial charge in [-0.25, -0.2) is 0 Å². The van der Waals surface area contributed by atoms with E-state index in [1.54, 1.807) is 12.4 Å². The zero-order valence-electron chi connectivity index (χ0n) is 10.7. The van der Waals surface area contributed by atoms with Gasteiger partial charge in [0.15, 0.2) is 5.75 Å². The van der Waals surface area contributed by atoms with Gasteiger partial charge in [0.05, 0.1) is 17.2 Å². The minimum absolute atomic E-state index is 0.264. The van der Waals surface area contributed by atoms with Crippen molar-refractivity contribution in [1.29, 1.82) is 0 Å². The molecule has 0 saturated heterocycles. The lowest BCUT2D eigenvalue weighted by atomic mass is 10.2. The molecule has 0 spiro atoms. The molecule has 6 heteroatoms. The molecule has 1 heterocycles. The molecule has 1 N–H and O–H groups in total. The van der Waals surface area contributed by atoms with Crippen molar-refractivity contribution >= 4 is 29.1 Å². The Morgan fingerprint density at radius 2 is 2.05 bits per heavy atom. The van der Waals surface area contributed by atoms with Crippen LogP contribution in [0.1, 0.15) is 15.9 Å². The Labute approximate surface area is 126 Å². The number of aromatic nitrogens is 1.